The van der Waals surface area contributed by atoms with Crippen LogP contribution < -0.4 is 4.74 Å². The Morgan fingerprint density at radius 2 is 1.08 bits per heavy atom. The Balaban J connectivity index is 1.45. The van der Waals surface area contributed by atoms with Crippen molar-refractivity contribution in [3.05, 3.63) is 125 Å². The van der Waals surface area contributed by atoms with Crippen molar-refractivity contribution in [3.63, 3.8) is 0 Å². The minimum absolute atomic E-state index is 0.0225. The van der Waals surface area contributed by atoms with E-state index in [0.717, 1.165) is 51.4 Å². The van der Waals surface area contributed by atoms with Crippen LogP contribution in [0.15, 0.2) is 134 Å². The number of hydrogen-bond donors (Lipinski definition) is 0. The lowest BCUT2D eigenvalue weighted by Gasteiger charge is -2.32. The summed E-state index contributed by atoms with van der Waals surface area (Å²) in [6, 6.07) is 6.35. The minimum Gasteiger partial charge on any atom is -0.455 e. The summed E-state index contributed by atoms with van der Waals surface area (Å²) in [6.45, 7) is 13.4. The SMILES string of the molecule is CC(C)(C)c1cccc(OC2=CC3=NC2=CC2=NC(=CC4=NC(=CC5=NC(=C3)C=C5)C=C4)C=C2)c1C(C)(C)C. The molecule has 0 atom stereocenters. The first kappa shape index (κ1) is 24.9. The molecule has 1 aromatic rings. The zero-order valence-corrected chi connectivity index (χ0v) is 23.3. The highest BCUT2D eigenvalue weighted by Gasteiger charge is 2.30. The summed E-state index contributed by atoms with van der Waals surface area (Å²) in [6.07, 6.45) is 21.9. The topological polar surface area (TPSA) is 58.7 Å². The molecule has 5 heteroatoms. The van der Waals surface area contributed by atoms with Crippen LogP contribution >= 0.6 is 0 Å². The molecule has 0 saturated heterocycles. The molecule has 1 aromatic carbocycles. The Kier molecular flexibility index (Phi) is 5.83. The van der Waals surface area contributed by atoms with E-state index >= 15 is 0 Å². The normalized spacial score (nSPS) is 19.6. The Labute approximate surface area is 230 Å². The lowest BCUT2D eigenvalue weighted by atomic mass is 9.75. The van der Waals surface area contributed by atoms with Gasteiger partial charge in [0, 0.05) is 11.6 Å². The molecule has 0 fully saturated rings. The number of aliphatic imine (C=N–C) groups is 4. The summed E-state index contributed by atoms with van der Waals surface area (Å²) in [4.78, 5) is 19.2. The van der Waals surface area contributed by atoms with Gasteiger partial charge in [-0.3, -0.25) is 0 Å². The molecule has 0 radical (unpaired) electrons. The van der Waals surface area contributed by atoms with Gasteiger partial charge in [0.15, 0.2) is 5.76 Å². The Hall–Kier alpha value is -4.38. The third kappa shape index (κ3) is 5.17. The van der Waals surface area contributed by atoms with Gasteiger partial charge in [0.1, 0.15) is 11.4 Å². The van der Waals surface area contributed by atoms with Crippen LogP contribution in [0.5, 0.6) is 5.75 Å². The summed E-state index contributed by atoms with van der Waals surface area (Å²) in [7, 11) is 0. The molecule has 0 aromatic heterocycles. The zero-order chi connectivity index (χ0) is 27.4. The summed E-state index contributed by atoms with van der Waals surface area (Å²) >= 11 is 0. The molecule has 0 unspecified atom stereocenters. The first-order valence-corrected chi connectivity index (χ1v) is 13.3. The van der Waals surface area contributed by atoms with E-state index < -0.39 is 0 Å². The smallest absolute Gasteiger partial charge is 0.155 e. The Morgan fingerprint density at radius 3 is 1.62 bits per heavy atom. The van der Waals surface area contributed by atoms with E-state index in [9.17, 15) is 0 Å². The second-order valence-corrected chi connectivity index (χ2v) is 12.2. The van der Waals surface area contributed by atoms with Gasteiger partial charge in [0.25, 0.3) is 0 Å². The van der Waals surface area contributed by atoms with Crippen LogP contribution in [0.4, 0.5) is 0 Å². The maximum absolute atomic E-state index is 6.72. The highest BCUT2D eigenvalue weighted by molar-refractivity contribution is 6.15. The molecule has 194 valence electrons. The maximum Gasteiger partial charge on any atom is 0.155 e. The minimum atomic E-state index is -0.108. The molecule has 0 amide bonds. The fourth-order valence-corrected chi connectivity index (χ4v) is 5.09. The summed E-state index contributed by atoms with van der Waals surface area (Å²) < 4.78 is 6.72. The van der Waals surface area contributed by atoms with Crippen molar-refractivity contribution >= 4 is 22.8 Å². The van der Waals surface area contributed by atoms with Crippen LogP contribution in [0.25, 0.3) is 0 Å². The van der Waals surface area contributed by atoms with Gasteiger partial charge in [-0.25, -0.2) is 20.0 Å². The lowest BCUT2D eigenvalue weighted by molar-refractivity contribution is 0.411. The molecular formula is C34H32N4O. The molecular weight excluding hydrogens is 480 g/mol. The van der Waals surface area contributed by atoms with Crippen LogP contribution in [0.1, 0.15) is 52.7 Å². The maximum atomic E-state index is 6.72. The van der Waals surface area contributed by atoms with E-state index in [0.29, 0.717) is 5.76 Å². The van der Waals surface area contributed by atoms with Gasteiger partial charge >= 0.3 is 0 Å². The molecule has 5 heterocycles. The molecule has 0 N–H and O–H groups in total. The van der Waals surface area contributed by atoms with Crippen molar-refractivity contribution < 1.29 is 4.74 Å². The molecule has 5 aliphatic rings. The fraction of sp³-hybridized carbons (Fsp3) is 0.235. The molecule has 5 nitrogen and oxygen atoms in total. The number of fused-ring (bicyclic) bond motifs is 4. The van der Waals surface area contributed by atoms with Gasteiger partial charge in [0.05, 0.1) is 39.9 Å². The van der Waals surface area contributed by atoms with Crippen LogP contribution in [0.2, 0.25) is 0 Å². The summed E-state index contributed by atoms with van der Waals surface area (Å²) in [5, 5.41) is 0. The second kappa shape index (κ2) is 9.12. The van der Waals surface area contributed by atoms with Gasteiger partial charge in [-0.15, -0.1) is 0 Å². The third-order valence-corrected chi connectivity index (χ3v) is 6.81. The van der Waals surface area contributed by atoms with E-state index in [1.165, 1.54) is 11.1 Å². The highest BCUT2D eigenvalue weighted by atomic mass is 16.5. The highest BCUT2D eigenvalue weighted by Crippen LogP contribution is 2.41. The van der Waals surface area contributed by atoms with Crippen molar-refractivity contribution in [1.82, 2.24) is 0 Å². The average Bonchev–Trinajstić information content (AvgIpc) is 3.64. The number of benzene rings is 1. The predicted octanol–water partition coefficient (Wildman–Crippen LogP) is 7.58. The molecule has 5 aliphatic heterocycles. The molecule has 0 spiro atoms. The molecule has 8 bridgehead atoms. The fourth-order valence-electron chi connectivity index (χ4n) is 5.09. The second-order valence-electron chi connectivity index (χ2n) is 12.2. The van der Waals surface area contributed by atoms with Crippen molar-refractivity contribution in [1.29, 1.82) is 0 Å². The van der Waals surface area contributed by atoms with Crippen molar-refractivity contribution in [3.8, 4) is 5.75 Å². The van der Waals surface area contributed by atoms with Crippen molar-refractivity contribution in [2.75, 3.05) is 0 Å². The standard InChI is InChI=1S/C34H32N4O/c1-33(2,3)28-8-7-9-30(32(28)34(4,5)6)39-31-20-27-18-25-13-12-23(36-25)16-21-10-11-22(35-21)17-24-14-15-26(37-24)19-29(31)38-27/h7-20H,1-6H3. The van der Waals surface area contributed by atoms with E-state index in [2.05, 4.69) is 64.7 Å². The number of ether oxygens (including phenoxy) is 1. The first-order valence-electron chi connectivity index (χ1n) is 13.3. The number of rotatable bonds is 2. The number of allylic oxidation sites excluding steroid dienone is 11. The molecule has 39 heavy (non-hydrogen) atoms. The Morgan fingerprint density at radius 1 is 0.538 bits per heavy atom. The van der Waals surface area contributed by atoms with Gasteiger partial charge in [-0.05, 0) is 83.2 Å². The average molecular weight is 513 g/mol. The summed E-state index contributed by atoms with van der Waals surface area (Å²) in [5.41, 5.74) is 8.95. The lowest BCUT2D eigenvalue weighted by Crippen LogP contribution is -2.23. The van der Waals surface area contributed by atoms with Crippen LogP contribution in [0, 0.1) is 0 Å². The van der Waals surface area contributed by atoms with Gasteiger partial charge in [0.2, 0.25) is 0 Å². The first-order chi connectivity index (χ1) is 18.5. The van der Waals surface area contributed by atoms with Crippen LogP contribution in [-0.2, 0) is 10.8 Å². The summed E-state index contributed by atoms with van der Waals surface area (Å²) in [5.74, 6) is 1.54. The van der Waals surface area contributed by atoms with Gasteiger partial charge < -0.3 is 4.74 Å². The third-order valence-electron chi connectivity index (χ3n) is 6.81. The van der Waals surface area contributed by atoms with Crippen molar-refractivity contribution in [2.24, 2.45) is 20.0 Å². The van der Waals surface area contributed by atoms with E-state index in [1.807, 2.05) is 66.8 Å². The zero-order valence-electron chi connectivity index (χ0n) is 23.3. The van der Waals surface area contributed by atoms with E-state index in [4.69, 9.17) is 19.7 Å². The Bertz CT molecular complexity index is 1660. The van der Waals surface area contributed by atoms with Crippen LogP contribution in [-0.4, -0.2) is 22.8 Å². The van der Waals surface area contributed by atoms with Gasteiger partial charge in [-0.1, -0.05) is 53.7 Å². The largest absolute Gasteiger partial charge is 0.455 e. The molecule has 0 aliphatic carbocycles. The number of nitrogens with zero attached hydrogens (tertiary/aromatic N) is 4. The molecule has 6 rings (SSSR count). The van der Waals surface area contributed by atoms with Crippen LogP contribution in [0.3, 0.4) is 0 Å². The van der Waals surface area contributed by atoms with E-state index in [-0.39, 0.29) is 10.8 Å². The van der Waals surface area contributed by atoms with Gasteiger partial charge in [-0.2, -0.15) is 0 Å². The monoisotopic (exact) mass is 512 g/mol. The van der Waals surface area contributed by atoms with Crippen molar-refractivity contribution in [2.45, 2.75) is 52.4 Å². The number of hydrogen-bond acceptors (Lipinski definition) is 5. The van der Waals surface area contributed by atoms with E-state index in [1.54, 1.807) is 0 Å². The predicted molar refractivity (Wildman–Crippen MR) is 162 cm³/mol. The quantitative estimate of drug-likeness (QED) is 0.403. The molecule has 0 saturated carbocycles.